The Morgan fingerprint density at radius 2 is 1.67 bits per heavy atom. The van der Waals surface area contributed by atoms with Gasteiger partial charge in [0.15, 0.2) is 0 Å². The zero-order valence-electron chi connectivity index (χ0n) is 14.1. The van der Waals surface area contributed by atoms with E-state index in [4.69, 9.17) is 0 Å². The standard InChI is InChI=1S/C20H23NO2S/c1-17(20(22)21(2)16-19-12-7-4-8-13-19)24(23)15-9-14-18-10-5-3-6-11-18/h3-14,17H,15-16H2,1-2H3/b14-9+. The average molecular weight is 341 g/mol. The molecule has 2 aromatic rings. The molecule has 0 bridgehead atoms. The summed E-state index contributed by atoms with van der Waals surface area (Å²) in [6.45, 7) is 2.26. The number of hydrogen-bond acceptors (Lipinski definition) is 2. The van der Waals surface area contributed by atoms with Crippen molar-refractivity contribution in [3.05, 3.63) is 77.9 Å². The Morgan fingerprint density at radius 1 is 1.08 bits per heavy atom. The molecule has 2 rings (SSSR count). The van der Waals surface area contributed by atoms with Gasteiger partial charge in [0.1, 0.15) is 5.25 Å². The molecule has 126 valence electrons. The van der Waals surface area contributed by atoms with E-state index in [2.05, 4.69) is 0 Å². The van der Waals surface area contributed by atoms with E-state index in [1.54, 1.807) is 18.9 Å². The van der Waals surface area contributed by atoms with E-state index in [0.717, 1.165) is 11.1 Å². The maximum Gasteiger partial charge on any atom is 0.238 e. The minimum Gasteiger partial charge on any atom is -0.340 e. The summed E-state index contributed by atoms with van der Waals surface area (Å²) in [4.78, 5) is 14.1. The maximum absolute atomic E-state index is 12.4. The molecule has 3 nitrogen and oxygen atoms in total. The zero-order chi connectivity index (χ0) is 17.4. The van der Waals surface area contributed by atoms with E-state index < -0.39 is 16.0 Å². The van der Waals surface area contributed by atoms with Crippen molar-refractivity contribution in [1.29, 1.82) is 0 Å². The van der Waals surface area contributed by atoms with Crippen LogP contribution in [0.3, 0.4) is 0 Å². The molecule has 0 saturated heterocycles. The first-order valence-electron chi connectivity index (χ1n) is 7.95. The summed E-state index contributed by atoms with van der Waals surface area (Å²) in [6, 6.07) is 19.7. The molecular formula is C20H23NO2S. The van der Waals surface area contributed by atoms with Crippen molar-refractivity contribution in [2.45, 2.75) is 18.7 Å². The Labute approximate surface area is 146 Å². The van der Waals surface area contributed by atoms with Gasteiger partial charge in [0.2, 0.25) is 5.91 Å². The van der Waals surface area contributed by atoms with Crippen molar-refractivity contribution < 1.29 is 9.00 Å². The summed E-state index contributed by atoms with van der Waals surface area (Å²) in [5.74, 6) is 0.284. The van der Waals surface area contributed by atoms with Gasteiger partial charge in [0.25, 0.3) is 0 Å². The Balaban J connectivity index is 1.87. The van der Waals surface area contributed by atoms with E-state index in [0.29, 0.717) is 12.3 Å². The zero-order valence-corrected chi connectivity index (χ0v) is 14.9. The second-order valence-electron chi connectivity index (χ2n) is 5.68. The molecule has 0 N–H and O–H groups in total. The molecule has 2 atom stereocenters. The highest BCUT2D eigenvalue weighted by Crippen LogP contribution is 2.08. The van der Waals surface area contributed by atoms with Crippen LogP contribution >= 0.6 is 0 Å². The molecule has 24 heavy (non-hydrogen) atoms. The second-order valence-corrected chi connectivity index (χ2v) is 7.48. The summed E-state index contributed by atoms with van der Waals surface area (Å²) >= 11 is 0. The van der Waals surface area contributed by atoms with Crippen molar-refractivity contribution in [1.82, 2.24) is 4.90 Å². The molecule has 2 aromatic carbocycles. The largest absolute Gasteiger partial charge is 0.340 e. The average Bonchev–Trinajstić information content (AvgIpc) is 2.62. The molecular weight excluding hydrogens is 318 g/mol. The lowest BCUT2D eigenvalue weighted by Gasteiger charge is -2.21. The normalized spacial score (nSPS) is 13.6. The van der Waals surface area contributed by atoms with Gasteiger partial charge >= 0.3 is 0 Å². The minimum absolute atomic E-state index is 0.0923. The SMILES string of the molecule is CC(C(=O)N(C)Cc1ccccc1)S(=O)C/C=C/c1ccccc1. The summed E-state index contributed by atoms with van der Waals surface area (Å²) < 4.78 is 12.3. The van der Waals surface area contributed by atoms with Crippen LogP contribution in [0.2, 0.25) is 0 Å². The van der Waals surface area contributed by atoms with Crippen LogP contribution < -0.4 is 0 Å². The highest BCUT2D eigenvalue weighted by atomic mass is 32.2. The predicted molar refractivity (Wildman–Crippen MR) is 101 cm³/mol. The van der Waals surface area contributed by atoms with Crippen molar-refractivity contribution in [2.75, 3.05) is 12.8 Å². The van der Waals surface area contributed by atoms with Gasteiger partial charge in [-0.3, -0.25) is 9.00 Å². The van der Waals surface area contributed by atoms with Gasteiger partial charge in [0.05, 0.1) is 0 Å². The smallest absolute Gasteiger partial charge is 0.238 e. The lowest BCUT2D eigenvalue weighted by atomic mass is 10.2. The van der Waals surface area contributed by atoms with Crippen LogP contribution in [0.4, 0.5) is 0 Å². The van der Waals surface area contributed by atoms with Gasteiger partial charge in [-0.25, -0.2) is 0 Å². The summed E-state index contributed by atoms with van der Waals surface area (Å²) in [7, 11) is 0.528. The summed E-state index contributed by atoms with van der Waals surface area (Å²) in [6.07, 6.45) is 3.80. The fourth-order valence-electron chi connectivity index (χ4n) is 2.35. The lowest BCUT2D eigenvalue weighted by molar-refractivity contribution is -0.129. The number of hydrogen-bond donors (Lipinski definition) is 0. The molecule has 0 aliphatic rings. The highest BCUT2D eigenvalue weighted by Gasteiger charge is 2.22. The maximum atomic E-state index is 12.4. The quantitative estimate of drug-likeness (QED) is 0.773. The van der Waals surface area contributed by atoms with Crippen molar-refractivity contribution in [2.24, 2.45) is 0 Å². The van der Waals surface area contributed by atoms with Crippen LogP contribution in [0.1, 0.15) is 18.1 Å². The molecule has 2 unspecified atom stereocenters. The highest BCUT2D eigenvalue weighted by molar-refractivity contribution is 7.86. The molecule has 0 aliphatic carbocycles. The van der Waals surface area contributed by atoms with E-state index in [1.807, 2.05) is 72.8 Å². The second kappa shape index (κ2) is 9.18. The van der Waals surface area contributed by atoms with E-state index in [9.17, 15) is 9.00 Å². The molecule has 0 radical (unpaired) electrons. The van der Waals surface area contributed by atoms with Crippen molar-refractivity contribution in [3.8, 4) is 0 Å². The number of amides is 1. The van der Waals surface area contributed by atoms with Crippen LogP contribution in [0, 0.1) is 0 Å². The van der Waals surface area contributed by atoms with Gasteiger partial charge < -0.3 is 4.90 Å². The first kappa shape index (κ1) is 18.1. The predicted octanol–water partition coefficient (Wildman–Crippen LogP) is 3.50. The Bertz CT molecular complexity index is 698. The van der Waals surface area contributed by atoms with Crippen molar-refractivity contribution >= 4 is 22.8 Å². The number of carbonyl (C=O) groups excluding carboxylic acids is 1. The van der Waals surface area contributed by atoms with Crippen LogP contribution in [0.5, 0.6) is 0 Å². The fraction of sp³-hybridized carbons (Fsp3) is 0.250. The lowest BCUT2D eigenvalue weighted by Crippen LogP contribution is -2.37. The van der Waals surface area contributed by atoms with Gasteiger partial charge in [-0.05, 0) is 18.1 Å². The van der Waals surface area contributed by atoms with Gasteiger partial charge in [-0.15, -0.1) is 0 Å². The number of benzene rings is 2. The van der Waals surface area contributed by atoms with Gasteiger partial charge in [0, 0.05) is 30.1 Å². The molecule has 0 aliphatic heterocycles. The van der Waals surface area contributed by atoms with E-state index >= 15 is 0 Å². The number of carbonyl (C=O) groups is 1. The van der Waals surface area contributed by atoms with Crippen LogP contribution in [0.15, 0.2) is 66.7 Å². The van der Waals surface area contributed by atoms with Gasteiger partial charge in [-0.2, -0.15) is 0 Å². The molecule has 0 saturated carbocycles. The van der Waals surface area contributed by atoms with Crippen LogP contribution in [-0.2, 0) is 22.1 Å². The third kappa shape index (κ3) is 5.46. The third-order valence-electron chi connectivity index (χ3n) is 3.75. The molecule has 0 heterocycles. The van der Waals surface area contributed by atoms with E-state index in [1.165, 1.54) is 0 Å². The number of rotatable bonds is 7. The summed E-state index contributed by atoms with van der Waals surface area (Å²) in [5, 5.41) is -0.515. The number of nitrogens with zero attached hydrogens (tertiary/aromatic N) is 1. The van der Waals surface area contributed by atoms with Crippen LogP contribution in [-0.4, -0.2) is 33.1 Å². The molecule has 1 amide bonds. The van der Waals surface area contributed by atoms with Gasteiger partial charge in [-0.1, -0.05) is 72.8 Å². The topological polar surface area (TPSA) is 37.4 Å². The fourth-order valence-corrected chi connectivity index (χ4v) is 3.32. The van der Waals surface area contributed by atoms with Crippen molar-refractivity contribution in [3.63, 3.8) is 0 Å². The third-order valence-corrected chi connectivity index (χ3v) is 5.26. The minimum atomic E-state index is -1.23. The first-order valence-corrected chi connectivity index (χ1v) is 9.34. The van der Waals surface area contributed by atoms with Crippen LogP contribution in [0.25, 0.3) is 6.08 Å². The molecule has 0 aromatic heterocycles. The monoisotopic (exact) mass is 341 g/mol. The Hall–Kier alpha value is -2.20. The molecule has 0 spiro atoms. The Morgan fingerprint density at radius 3 is 2.29 bits per heavy atom. The first-order chi connectivity index (χ1) is 11.6. The van der Waals surface area contributed by atoms with E-state index in [-0.39, 0.29) is 5.91 Å². The molecule has 4 heteroatoms. The summed E-state index contributed by atoms with van der Waals surface area (Å²) in [5.41, 5.74) is 2.13. The Kier molecular flexibility index (Phi) is 6.94. The molecule has 0 fully saturated rings.